The average Bonchev–Trinajstić information content (AvgIpc) is 2.72. The van der Waals surface area contributed by atoms with Crippen LogP contribution in [-0.2, 0) is 14.3 Å². The fourth-order valence-corrected chi connectivity index (χ4v) is 2.74. The van der Waals surface area contributed by atoms with Crippen molar-refractivity contribution in [1.82, 2.24) is 9.91 Å². The highest BCUT2D eigenvalue weighted by molar-refractivity contribution is 5.81. The van der Waals surface area contributed by atoms with Crippen LogP contribution < -0.4 is 9.47 Å². The molecular formula is C18H25N3O5. The van der Waals surface area contributed by atoms with Gasteiger partial charge in [-0.15, -0.1) is 0 Å². The molecule has 0 saturated carbocycles. The first-order chi connectivity index (χ1) is 12.8. The first kappa shape index (κ1) is 18.5. The predicted octanol–water partition coefficient (Wildman–Crippen LogP) is 0.599. The normalized spacial score (nSPS) is 18.2. The minimum atomic E-state index is -0.0479. The Morgan fingerprint density at radius 3 is 2.50 bits per heavy atom. The molecule has 8 nitrogen and oxygen atoms in total. The summed E-state index contributed by atoms with van der Waals surface area (Å²) in [4.78, 5) is 13.9. The van der Waals surface area contributed by atoms with Gasteiger partial charge in [0.2, 0.25) is 0 Å². The molecule has 0 unspecified atom stereocenters. The SMILES string of the molecule is COc1cc(/C=N\N2CCOCC2)ccc1OCC(=O)N1CCOCC1. The zero-order valence-corrected chi connectivity index (χ0v) is 15.1. The van der Waals surface area contributed by atoms with Crippen molar-refractivity contribution >= 4 is 12.1 Å². The van der Waals surface area contributed by atoms with Gasteiger partial charge in [-0.05, 0) is 23.8 Å². The Balaban J connectivity index is 1.57. The third-order valence-corrected chi connectivity index (χ3v) is 4.26. The molecule has 0 N–H and O–H groups in total. The molecule has 2 aliphatic heterocycles. The molecule has 0 bridgehead atoms. The minimum absolute atomic E-state index is 0.0163. The van der Waals surface area contributed by atoms with Crippen LogP contribution in [0.1, 0.15) is 5.56 Å². The molecule has 0 atom stereocenters. The number of hydrazone groups is 1. The van der Waals surface area contributed by atoms with E-state index in [0.29, 0.717) is 51.0 Å². The number of hydrogen-bond donors (Lipinski definition) is 0. The Morgan fingerprint density at radius 1 is 1.12 bits per heavy atom. The molecule has 1 amide bonds. The fourth-order valence-electron chi connectivity index (χ4n) is 2.74. The van der Waals surface area contributed by atoms with Gasteiger partial charge in [0.25, 0.3) is 5.91 Å². The fraction of sp³-hybridized carbons (Fsp3) is 0.556. The molecule has 2 aliphatic rings. The van der Waals surface area contributed by atoms with Crippen molar-refractivity contribution in [2.24, 2.45) is 5.10 Å². The van der Waals surface area contributed by atoms with Crippen LogP contribution in [0, 0.1) is 0 Å². The molecule has 142 valence electrons. The van der Waals surface area contributed by atoms with Crippen molar-refractivity contribution in [3.05, 3.63) is 23.8 Å². The second-order valence-electron chi connectivity index (χ2n) is 6.00. The predicted molar refractivity (Wildman–Crippen MR) is 95.9 cm³/mol. The molecule has 0 radical (unpaired) electrons. The molecule has 0 aromatic heterocycles. The van der Waals surface area contributed by atoms with Gasteiger partial charge < -0.3 is 23.8 Å². The summed E-state index contributed by atoms with van der Waals surface area (Å²) in [6.07, 6.45) is 1.79. The van der Waals surface area contributed by atoms with Gasteiger partial charge in [-0.2, -0.15) is 5.10 Å². The van der Waals surface area contributed by atoms with Gasteiger partial charge in [0.1, 0.15) is 0 Å². The maximum atomic E-state index is 12.2. The van der Waals surface area contributed by atoms with E-state index < -0.39 is 0 Å². The summed E-state index contributed by atoms with van der Waals surface area (Å²) < 4.78 is 21.6. The number of nitrogens with zero attached hydrogens (tertiary/aromatic N) is 3. The molecule has 26 heavy (non-hydrogen) atoms. The summed E-state index contributed by atoms with van der Waals surface area (Å²) in [6, 6.07) is 5.53. The zero-order valence-electron chi connectivity index (χ0n) is 15.1. The lowest BCUT2D eigenvalue weighted by molar-refractivity contribution is -0.137. The highest BCUT2D eigenvalue weighted by Gasteiger charge is 2.18. The lowest BCUT2D eigenvalue weighted by atomic mass is 10.2. The van der Waals surface area contributed by atoms with Gasteiger partial charge in [-0.3, -0.25) is 9.80 Å². The van der Waals surface area contributed by atoms with E-state index in [-0.39, 0.29) is 12.5 Å². The second kappa shape index (κ2) is 9.40. The Labute approximate surface area is 153 Å². The molecule has 0 spiro atoms. The van der Waals surface area contributed by atoms with E-state index in [2.05, 4.69) is 5.10 Å². The topological polar surface area (TPSA) is 72.8 Å². The number of rotatable bonds is 6. The van der Waals surface area contributed by atoms with Crippen molar-refractivity contribution in [3.8, 4) is 11.5 Å². The van der Waals surface area contributed by atoms with Crippen LogP contribution in [0.2, 0.25) is 0 Å². The summed E-state index contributed by atoms with van der Waals surface area (Å²) in [5.74, 6) is 1.07. The van der Waals surface area contributed by atoms with Crippen LogP contribution in [0.25, 0.3) is 0 Å². The number of benzene rings is 1. The van der Waals surface area contributed by atoms with E-state index in [9.17, 15) is 4.79 Å². The van der Waals surface area contributed by atoms with Crippen molar-refractivity contribution in [2.75, 3.05) is 66.3 Å². The summed E-state index contributed by atoms with van der Waals surface area (Å²) in [7, 11) is 1.58. The number of amides is 1. The molecular weight excluding hydrogens is 338 g/mol. The molecule has 1 aromatic carbocycles. The van der Waals surface area contributed by atoms with Crippen LogP contribution in [-0.4, -0.2) is 88.4 Å². The van der Waals surface area contributed by atoms with Gasteiger partial charge >= 0.3 is 0 Å². The number of hydrogen-bond acceptors (Lipinski definition) is 7. The summed E-state index contributed by atoms with van der Waals surface area (Å²) in [5.41, 5.74) is 0.903. The van der Waals surface area contributed by atoms with Crippen molar-refractivity contribution in [2.45, 2.75) is 0 Å². The maximum absolute atomic E-state index is 12.2. The monoisotopic (exact) mass is 363 g/mol. The van der Waals surface area contributed by atoms with E-state index in [4.69, 9.17) is 18.9 Å². The highest BCUT2D eigenvalue weighted by atomic mass is 16.5. The summed E-state index contributed by atoms with van der Waals surface area (Å²) in [6.45, 7) is 5.33. The maximum Gasteiger partial charge on any atom is 0.260 e. The summed E-state index contributed by atoms with van der Waals surface area (Å²) in [5, 5.41) is 6.43. The number of methoxy groups -OCH3 is 1. The smallest absolute Gasteiger partial charge is 0.260 e. The lowest BCUT2D eigenvalue weighted by Gasteiger charge is -2.26. The average molecular weight is 363 g/mol. The second-order valence-corrected chi connectivity index (χ2v) is 6.00. The van der Waals surface area contributed by atoms with Crippen molar-refractivity contribution < 1.29 is 23.7 Å². The van der Waals surface area contributed by atoms with Crippen LogP contribution in [0.4, 0.5) is 0 Å². The molecule has 8 heteroatoms. The van der Waals surface area contributed by atoms with Gasteiger partial charge in [-0.1, -0.05) is 0 Å². The van der Waals surface area contributed by atoms with E-state index in [1.807, 2.05) is 17.1 Å². The van der Waals surface area contributed by atoms with Crippen LogP contribution >= 0.6 is 0 Å². The largest absolute Gasteiger partial charge is 0.493 e. The third kappa shape index (κ3) is 5.09. The van der Waals surface area contributed by atoms with Gasteiger partial charge in [-0.25, -0.2) is 0 Å². The Morgan fingerprint density at radius 2 is 1.81 bits per heavy atom. The van der Waals surface area contributed by atoms with Gasteiger partial charge in [0.05, 0.1) is 52.8 Å². The number of morpholine rings is 2. The number of carbonyl (C=O) groups is 1. The quantitative estimate of drug-likeness (QED) is 0.689. The highest BCUT2D eigenvalue weighted by Crippen LogP contribution is 2.27. The molecule has 1 aromatic rings. The van der Waals surface area contributed by atoms with Gasteiger partial charge in [0, 0.05) is 13.1 Å². The first-order valence-electron chi connectivity index (χ1n) is 8.79. The van der Waals surface area contributed by atoms with Crippen LogP contribution in [0.3, 0.4) is 0 Å². The Bertz CT molecular complexity index is 625. The van der Waals surface area contributed by atoms with E-state index in [0.717, 1.165) is 18.7 Å². The van der Waals surface area contributed by atoms with Crippen molar-refractivity contribution in [3.63, 3.8) is 0 Å². The van der Waals surface area contributed by atoms with Crippen molar-refractivity contribution in [1.29, 1.82) is 0 Å². The number of carbonyl (C=O) groups excluding carboxylic acids is 1. The Hall–Kier alpha value is -2.32. The Kier molecular flexibility index (Phi) is 6.68. The van der Waals surface area contributed by atoms with Crippen LogP contribution in [0.5, 0.6) is 11.5 Å². The van der Waals surface area contributed by atoms with Crippen LogP contribution in [0.15, 0.2) is 23.3 Å². The first-order valence-corrected chi connectivity index (χ1v) is 8.79. The number of ether oxygens (including phenoxy) is 4. The molecule has 3 rings (SSSR count). The molecule has 2 saturated heterocycles. The third-order valence-electron chi connectivity index (χ3n) is 4.26. The minimum Gasteiger partial charge on any atom is -0.493 e. The molecule has 2 heterocycles. The van der Waals surface area contributed by atoms with Gasteiger partial charge in [0.15, 0.2) is 18.1 Å². The van der Waals surface area contributed by atoms with E-state index in [1.54, 1.807) is 24.3 Å². The van der Waals surface area contributed by atoms with E-state index >= 15 is 0 Å². The molecule has 2 fully saturated rings. The van der Waals surface area contributed by atoms with E-state index in [1.165, 1.54) is 0 Å². The summed E-state index contributed by atoms with van der Waals surface area (Å²) >= 11 is 0. The zero-order chi connectivity index (χ0) is 18.2. The standard InChI is InChI=1S/C18H25N3O5/c1-23-17-12-15(13-19-21-6-10-25-11-7-21)2-3-16(17)26-14-18(22)20-4-8-24-9-5-20/h2-3,12-13H,4-11,14H2,1H3/b19-13-. The molecule has 0 aliphatic carbocycles. The lowest BCUT2D eigenvalue weighted by Crippen LogP contribution is -2.43.